The van der Waals surface area contributed by atoms with Gasteiger partial charge < -0.3 is 47.7 Å². The van der Waals surface area contributed by atoms with Crippen LogP contribution in [0.25, 0.3) is 0 Å². The van der Waals surface area contributed by atoms with E-state index in [1.54, 1.807) is 13.0 Å². The number of pyridine rings is 1. The molecule has 3 fully saturated rings. The van der Waals surface area contributed by atoms with Gasteiger partial charge in [0.25, 0.3) is 0 Å². The summed E-state index contributed by atoms with van der Waals surface area (Å²) in [5.74, 6) is -11.8. The lowest BCUT2D eigenvalue weighted by atomic mass is 9.45. The van der Waals surface area contributed by atoms with Crippen LogP contribution in [0, 0.1) is 17.3 Å². The molecule has 62 heavy (non-hydrogen) atoms. The minimum atomic E-state index is -2.86. The highest BCUT2D eigenvalue weighted by Crippen LogP contribution is 2.70. The average molecular weight is 868 g/mol. The van der Waals surface area contributed by atoms with E-state index in [1.807, 2.05) is 0 Å². The second-order valence-electron chi connectivity index (χ2n) is 16.5. The molecule has 2 aliphatic heterocycles. The van der Waals surface area contributed by atoms with Gasteiger partial charge in [0.1, 0.15) is 42.0 Å². The maximum Gasteiger partial charge on any atom is 0.340 e. The monoisotopic (exact) mass is 867 g/mol. The summed E-state index contributed by atoms with van der Waals surface area (Å²) in [6.45, 7) is 8.69. The zero-order valence-corrected chi connectivity index (χ0v) is 35.6. The topological polar surface area (TPSA) is 253 Å². The predicted octanol–water partition coefficient (Wildman–Crippen LogP) is 2.33. The molecule has 1 aromatic carbocycles. The number of nitrogens with zero attached hydrogens (tertiary/aromatic N) is 1. The van der Waals surface area contributed by atoms with Gasteiger partial charge in [-0.2, -0.15) is 0 Å². The van der Waals surface area contributed by atoms with Crippen molar-refractivity contribution in [1.29, 1.82) is 0 Å². The Morgan fingerprint density at radius 2 is 1.32 bits per heavy atom. The van der Waals surface area contributed by atoms with Crippen LogP contribution in [-0.2, 0) is 71.4 Å². The van der Waals surface area contributed by atoms with Gasteiger partial charge in [-0.05, 0) is 38.1 Å². The Morgan fingerprint density at radius 1 is 0.742 bits per heavy atom. The van der Waals surface area contributed by atoms with Crippen molar-refractivity contribution in [3.05, 3.63) is 65.5 Å². The molecule has 4 aliphatic rings. The Kier molecular flexibility index (Phi) is 12.3. The number of fused-ring (bicyclic) bond motifs is 5. The molecule has 0 amide bonds. The van der Waals surface area contributed by atoms with E-state index in [9.17, 15) is 43.5 Å². The normalized spacial score (nSPS) is 36.0. The Bertz CT molecular complexity index is 2160. The van der Waals surface area contributed by atoms with Crippen LogP contribution in [0.15, 0.2) is 48.7 Å². The number of hydrogen-bond donors (Lipinski definition) is 1. The number of rotatable bonds is 8. The number of carbonyl (C=O) groups excluding carboxylic acids is 8. The standard InChI is InChI=1S/C43H49NO18/c1-20-21(2)37(50)60-34-32(57-24(5)47)36(61-38(51)27-14-11-10-12-15-27)42(19-54-22(3)45)35(59-26(7)49)31(56-23(4)46)29-33(58-25(6)48)43(42,41(34,9)53)62-40(29,8)18-55-39(52)28-16-13-17-44-30(20)28/h10-17,20-21,29,31-36,53H,18-19H2,1-9H3/t20-,21+,29+,31-,32-,33+,34-,35+,36-,40-,41-,42+,43-/m0/s1. The number of ether oxygens (including phenoxy) is 9. The Morgan fingerprint density at radius 3 is 1.92 bits per heavy atom. The largest absolute Gasteiger partial charge is 0.465 e. The number of cyclic esters (lactones) is 1. The molecule has 19 heteroatoms. The zero-order chi connectivity index (χ0) is 45.7. The Labute approximate surface area is 355 Å². The number of hydrogen-bond acceptors (Lipinski definition) is 19. The Balaban J connectivity index is 1.81. The van der Waals surface area contributed by atoms with Crippen molar-refractivity contribution in [3.63, 3.8) is 0 Å². The fourth-order valence-corrected chi connectivity index (χ4v) is 9.83. The molecule has 1 aromatic heterocycles. The summed E-state index contributed by atoms with van der Waals surface area (Å²) >= 11 is 0. The first kappa shape index (κ1) is 45.6. The van der Waals surface area contributed by atoms with E-state index in [2.05, 4.69) is 4.98 Å². The average Bonchev–Trinajstić information content (AvgIpc) is 3.42. The summed E-state index contributed by atoms with van der Waals surface area (Å²) in [5, 5.41) is 13.6. The summed E-state index contributed by atoms with van der Waals surface area (Å²) in [7, 11) is 0. The van der Waals surface area contributed by atoms with Crippen LogP contribution >= 0.6 is 0 Å². The van der Waals surface area contributed by atoms with Gasteiger partial charge in [0.15, 0.2) is 30.0 Å². The van der Waals surface area contributed by atoms with Crippen LogP contribution in [-0.4, -0.2) is 124 Å². The number of carbonyl (C=O) groups is 8. The van der Waals surface area contributed by atoms with Crippen molar-refractivity contribution in [3.8, 4) is 0 Å². The zero-order valence-electron chi connectivity index (χ0n) is 35.6. The van der Waals surface area contributed by atoms with E-state index >= 15 is 0 Å². The quantitative estimate of drug-likeness (QED) is 0.295. The van der Waals surface area contributed by atoms with Gasteiger partial charge >= 0.3 is 47.8 Å². The molecular weight excluding hydrogens is 818 g/mol. The number of aromatic nitrogens is 1. The van der Waals surface area contributed by atoms with Crippen molar-refractivity contribution in [1.82, 2.24) is 4.98 Å². The smallest absolute Gasteiger partial charge is 0.340 e. The van der Waals surface area contributed by atoms with E-state index in [4.69, 9.17) is 42.6 Å². The first-order valence-corrected chi connectivity index (χ1v) is 19.9. The lowest BCUT2D eigenvalue weighted by molar-refractivity contribution is -0.385. The summed E-state index contributed by atoms with van der Waals surface area (Å²) in [6.07, 6.45) is -10.8. The lowest BCUT2D eigenvalue weighted by Crippen LogP contribution is -2.89. The van der Waals surface area contributed by atoms with E-state index in [-0.39, 0.29) is 16.8 Å². The van der Waals surface area contributed by atoms with Gasteiger partial charge in [-0.3, -0.25) is 33.8 Å². The van der Waals surface area contributed by atoms with Crippen LogP contribution in [0.1, 0.15) is 94.6 Å². The van der Waals surface area contributed by atoms with Crippen molar-refractivity contribution in [2.75, 3.05) is 13.2 Å². The van der Waals surface area contributed by atoms with Gasteiger partial charge in [0.2, 0.25) is 0 Å². The fourth-order valence-electron chi connectivity index (χ4n) is 9.83. The third-order valence-electron chi connectivity index (χ3n) is 12.4. The molecule has 3 heterocycles. The van der Waals surface area contributed by atoms with E-state index in [0.717, 1.165) is 41.5 Å². The molecule has 2 aliphatic carbocycles. The van der Waals surface area contributed by atoms with Crippen LogP contribution in [0.4, 0.5) is 0 Å². The molecule has 1 spiro atoms. The van der Waals surface area contributed by atoms with Crippen molar-refractivity contribution in [2.45, 2.75) is 122 Å². The molecule has 4 bridgehead atoms. The molecule has 19 nitrogen and oxygen atoms in total. The second-order valence-corrected chi connectivity index (χ2v) is 16.5. The third-order valence-corrected chi connectivity index (χ3v) is 12.4. The molecule has 6 rings (SSSR count). The van der Waals surface area contributed by atoms with Crippen LogP contribution in [0.2, 0.25) is 0 Å². The molecule has 2 aromatic rings. The number of aliphatic hydroxyl groups is 1. The minimum absolute atomic E-state index is 0.0487. The molecular formula is C43H49NO18. The van der Waals surface area contributed by atoms with Crippen molar-refractivity contribution < 1.29 is 86.1 Å². The number of benzene rings is 1. The van der Waals surface area contributed by atoms with Gasteiger partial charge in [-0.1, -0.05) is 32.0 Å². The van der Waals surface area contributed by atoms with Crippen LogP contribution in [0.3, 0.4) is 0 Å². The third kappa shape index (κ3) is 7.43. The SMILES string of the molecule is CC(=O)OC[C@]12[C@H](OC(C)=O)[C@@H](OC(C)=O)[C@@H]3[C@@H](OC(C)=O)[C@@]14O[C@@]3(C)COC(=O)c1cccnc1[C@@H](C)[C@@H](C)C(=O)O[C@@H]([C@H](OC(C)=O)[C@@H]2OC(=O)c1ccccc1)[C@]4(C)O. The van der Waals surface area contributed by atoms with E-state index < -0.39 is 138 Å². The molecule has 334 valence electrons. The first-order chi connectivity index (χ1) is 29.0. The molecule has 1 saturated heterocycles. The van der Waals surface area contributed by atoms with Crippen LogP contribution < -0.4 is 0 Å². The molecule has 2 saturated carbocycles. The molecule has 0 radical (unpaired) electrons. The van der Waals surface area contributed by atoms with Crippen LogP contribution in [0.5, 0.6) is 0 Å². The predicted molar refractivity (Wildman–Crippen MR) is 205 cm³/mol. The second kappa shape index (κ2) is 16.7. The first-order valence-electron chi connectivity index (χ1n) is 19.9. The lowest BCUT2D eigenvalue weighted by Gasteiger charge is -2.67. The maximum absolute atomic E-state index is 14.6. The highest BCUT2D eigenvalue weighted by Gasteiger charge is 2.92. The van der Waals surface area contributed by atoms with Gasteiger partial charge in [0, 0.05) is 46.7 Å². The highest BCUT2D eigenvalue weighted by atomic mass is 16.7. The van der Waals surface area contributed by atoms with E-state index in [1.165, 1.54) is 56.4 Å². The highest BCUT2D eigenvalue weighted by molar-refractivity contribution is 5.91. The summed E-state index contributed by atoms with van der Waals surface area (Å²) in [4.78, 5) is 114. The Hall–Kier alpha value is -5.95. The minimum Gasteiger partial charge on any atom is -0.465 e. The van der Waals surface area contributed by atoms with Gasteiger partial charge in [-0.25, -0.2) is 9.59 Å². The summed E-state index contributed by atoms with van der Waals surface area (Å²) < 4.78 is 55.5. The maximum atomic E-state index is 14.6. The number of esters is 8. The van der Waals surface area contributed by atoms with Gasteiger partial charge in [0.05, 0.1) is 28.7 Å². The molecule has 1 N–H and O–H groups in total. The van der Waals surface area contributed by atoms with E-state index in [0.29, 0.717) is 0 Å². The fraction of sp³-hybridized carbons (Fsp3) is 0.558. The van der Waals surface area contributed by atoms with Crippen molar-refractivity contribution >= 4 is 47.8 Å². The van der Waals surface area contributed by atoms with Crippen molar-refractivity contribution in [2.24, 2.45) is 17.3 Å². The summed E-state index contributed by atoms with van der Waals surface area (Å²) in [5.41, 5.74) is -10.4. The summed E-state index contributed by atoms with van der Waals surface area (Å²) in [6, 6.07) is 10.3. The molecule has 0 unspecified atom stereocenters. The molecule has 13 atom stereocenters. The van der Waals surface area contributed by atoms with Gasteiger partial charge in [-0.15, -0.1) is 0 Å².